The monoisotopic (exact) mass is 250 g/mol. The molecule has 3 rings (SSSR count). The van der Waals surface area contributed by atoms with Crippen molar-refractivity contribution in [2.75, 3.05) is 0 Å². The van der Waals surface area contributed by atoms with Crippen LogP contribution in [-0.4, -0.2) is 5.11 Å². The molecule has 0 fully saturated rings. The largest absolute Gasteiger partial charge is 0.389 e. The van der Waals surface area contributed by atoms with Crippen molar-refractivity contribution in [1.29, 1.82) is 0 Å². The summed E-state index contributed by atoms with van der Waals surface area (Å²) < 4.78 is 0. The molecule has 0 amide bonds. The minimum atomic E-state index is -0.456. The molecule has 2 aromatic carbocycles. The molecule has 19 heavy (non-hydrogen) atoms. The van der Waals surface area contributed by atoms with Crippen LogP contribution in [0.1, 0.15) is 37.5 Å². The highest BCUT2D eigenvalue weighted by molar-refractivity contribution is 5.91. The second kappa shape index (κ2) is 4.67. The molecule has 0 saturated heterocycles. The van der Waals surface area contributed by atoms with E-state index in [1.54, 1.807) is 0 Å². The molecule has 0 saturated carbocycles. The van der Waals surface area contributed by atoms with Crippen LogP contribution in [0.5, 0.6) is 0 Å². The summed E-state index contributed by atoms with van der Waals surface area (Å²) in [5, 5.41) is 12.5. The number of benzene rings is 2. The number of rotatable bonds is 2. The van der Waals surface area contributed by atoms with E-state index in [2.05, 4.69) is 43.3 Å². The lowest BCUT2D eigenvalue weighted by molar-refractivity contribution is 0.200. The first-order valence-electron chi connectivity index (χ1n) is 6.74. The molecule has 2 aromatic rings. The Labute approximate surface area is 113 Å². The van der Waals surface area contributed by atoms with Crippen LogP contribution >= 0.6 is 0 Å². The highest BCUT2D eigenvalue weighted by atomic mass is 16.3. The van der Waals surface area contributed by atoms with Crippen molar-refractivity contribution in [1.82, 2.24) is 0 Å². The molecule has 0 radical (unpaired) electrons. The number of aliphatic hydroxyl groups excluding tert-OH is 1. The van der Waals surface area contributed by atoms with Crippen molar-refractivity contribution in [2.45, 2.75) is 26.4 Å². The first kappa shape index (κ1) is 12.2. The molecule has 0 heterocycles. The normalized spacial score (nSPS) is 16.4. The maximum absolute atomic E-state index is 10.2. The highest BCUT2D eigenvalue weighted by Crippen LogP contribution is 2.36. The molecular weight excluding hydrogens is 232 g/mol. The molecule has 0 bridgehead atoms. The Kier molecular flexibility index (Phi) is 3.00. The van der Waals surface area contributed by atoms with Crippen LogP contribution in [0.15, 0.2) is 54.1 Å². The van der Waals surface area contributed by atoms with E-state index in [0.717, 1.165) is 17.4 Å². The van der Waals surface area contributed by atoms with Crippen molar-refractivity contribution < 1.29 is 5.11 Å². The van der Waals surface area contributed by atoms with Crippen LogP contribution < -0.4 is 0 Å². The van der Waals surface area contributed by atoms with E-state index in [9.17, 15) is 5.11 Å². The second-order valence-electron chi connectivity index (χ2n) is 5.25. The van der Waals surface area contributed by atoms with Gasteiger partial charge in [-0.1, -0.05) is 54.1 Å². The predicted molar refractivity (Wildman–Crippen MR) is 80.9 cm³/mol. The second-order valence-corrected chi connectivity index (χ2v) is 5.25. The van der Waals surface area contributed by atoms with E-state index in [4.69, 9.17) is 0 Å². The van der Waals surface area contributed by atoms with Gasteiger partial charge in [0.25, 0.3) is 0 Å². The van der Waals surface area contributed by atoms with Crippen molar-refractivity contribution in [3.8, 4) is 0 Å². The Bertz CT molecular complexity index is 690. The van der Waals surface area contributed by atoms with Gasteiger partial charge in [0.15, 0.2) is 0 Å². The van der Waals surface area contributed by atoms with E-state index in [1.807, 2.05) is 19.1 Å². The van der Waals surface area contributed by atoms with Gasteiger partial charge in [0, 0.05) is 0 Å². The summed E-state index contributed by atoms with van der Waals surface area (Å²) >= 11 is 0. The number of aliphatic hydroxyl groups is 1. The molecule has 1 aliphatic carbocycles. The van der Waals surface area contributed by atoms with Crippen molar-refractivity contribution in [3.63, 3.8) is 0 Å². The van der Waals surface area contributed by atoms with E-state index < -0.39 is 6.10 Å². The average Bonchev–Trinajstić information content (AvgIpc) is 2.83. The fraction of sp³-hybridized carbons (Fsp3) is 0.222. The zero-order valence-corrected chi connectivity index (χ0v) is 11.4. The van der Waals surface area contributed by atoms with Gasteiger partial charge in [-0.2, -0.15) is 0 Å². The Morgan fingerprint density at radius 2 is 1.89 bits per heavy atom. The molecule has 0 aliphatic heterocycles. The number of allylic oxidation sites excluding steroid dienone is 4. The molecule has 1 N–H and O–H groups in total. The molecular formula is C18H18O. The summed E-state index contributed by atoms with van der Waals surface area (Å²) in [5.74, 6) is 0. The Morgan fingerprint density at radius 3 is 2.58 bits per heavy atom. The third-order valence-corrected chi connectivity index (χ3v) is 3.78. The Hall–Kier alpha value is -1.86. The maximum Gasteiger partial charge on any atom is 0.0773 e. The van der Waals surface area contributed by atoms with Crippen LogP contribution in [0.4, 0.5) is 0 Å². The third kappa shape index (κ3) is 2.11. The Balaban J connectivity index is 2.25. The molecule has 1 atom stereocenters. The van der Waals surface area contributed by atoms with Gasteiger partial charge in [-0.15, -0.1) is 0 Å². The summed E-state index contributed by atoms with van der Waals surface area (Å²) in [5.41, 5.74) is 4.84. The standard InChI is InChI=1S/C18H18O/c1-12-7-8-15(11-12)17-10-9-14-5-3-4-6-16(14)18(17)13(2)19/h3-7,9-11,13,19H,8H2,1-2H3. The van der Waals surface area contributed by atoms with Gasteiger partial charge in [0.1, 0.15) is 0 Å². The van der Waals surface area contributed by atoms with Gasteiger partial charge in [-0.3, -0.25) is 0 Å². The predicted octanol–water partition coefficient (Wildman–Crippen LogP) is 4.63. The lowest BCUT2D eigenvalue weighted by Gasteiger charge is -2.16. The summed E-state index contributed by atoms with van der Waals surface area (Å²) in [7, 11) is 0. The molecule has 0 spiro atoms. The first-order valence-corrected chi connectivity index (χ1v) is 6.74. The number of fused-ring (bicyclic) bond motifs is 1. The summed E-state index contributed by atoms with van der Waals surface area (Å²) in [4.78, 5) is 0. The quantitative estimate of drug-likeness (QED) is 0.824. The smallest absolute Gasteiger partial charge is 0.0773 e. The van der Waals surface area contributed by atoms with Crippen molar-refractivity contribution >= 4 is 16.3 Å². The lowest BCUT2D eigenvalue weighted by Crippen LogP contribution is -1.99. The van der Waals surface area contributed by atoms with Gasteiger partial charge in [-0.05, 0) is 47.7 Å². The SMILES string of the molecule is CC1=CCC(c2ccc3ccccc3c2C(C)O)=C1. The molecule has 0 aromatic heterocycles. The lowest BCUT2D eigenvalue weighted by atomic mass is 9.91. The summed E-state index contributed by atoms with van der Waals surface area (Å²) in [6, 6.07) is 12.5. The van der Waals surface area contributed by atoms with E-state index in [-0.39, 0.29) is 0 Å². The van der Waals surface area contributed by atoms with E-state index >= 15 is 0 Å². The minimum Gasteiger partial charge on any atom is -0.389 e. The van der Waals surface area contributed by atoms with Crippen LogP contribution in [0, 0.1) is 0 Å². The Morgan fingerprint density at radius 1 is 1.11 bits per heavy atom. The van der Waals surface area contributed by atoms with E-state index in [1.165, 1.54) is 22.1 Å². The van der Waals surface area contributed by atoms with Crippen molar-refractivity contribution in [2.24, 2.45) is 0 Å². The first-order chi connectivity index (χ1) is 9.16. The van der Waals surface area contributed by atoms with Gasteiger partial charge in [0.2, 0.25) is 0 Å². The highest BCUT2D eigenvalue weighted by Gasteiger charge is 2.16. The van der Waals surface area contributed by atoms with Crippen LogP contribution in [-0.2, 0) is 0 Å². The molecule has 1 heteroatoms. The van der Waals surface area contributed by atoms with Gasteiger partial charge < -0.3 is 5.11 Å². The minimum absolute atomic E-state index is 0.456. The van der Waals surface area contributed by atoms with Gasteiger partial charge in [0.05, 0.1) is 6.10 Å². The van der Waals surface area contributed by atoms with E-state index in [0.29, 0.717) is 0 Å². The fourth-order valence-electron chi connectivity index (χ4n) is 2.88. The summed E-state index contributed by atoms with van der Waals surface area (Å²) in [6.45, 7) is 3.97. The van der Waals surface area contributed by atoms with Gasteiger partial charge >= 0.3 is 0 Å². The molecule has 1 aliphatic rings. The maximum atomic E-state index is 10.2. The molecule has 1 nitrogen and oxygen atoms in total. The zero-order valence-electron chi connectivity index (χ0n) is 11.4. The fourth-order valence-corrected chi connectivity index (χ4v) is 2.88. The van der Waals surface area contributed by atoms with Gasteiger partial charge in [-0.25, -0.2) is 0 Å². The van der Waals surface area contributed by atoms with Crippen LogP contribution in [0.25, 0.3) is 16.3 Å². The summed E-state index contributed by atoms with van der Waals surface area (Å²) in [6.07, 6.45) is 4.96. The zero-order chi connectivity index (χ0) is 13.4. The van der Waals surface area contributed by atoms with Crippen LogP contribution in [0.3, 0.4) is 0 Å². The topological polar surface area (TPSA) is 20.2 Å². The van der Waals surface area contributed by atoms with Crippen LogP contribution in [0.2, 0.25) is 0 Å². The molecule has 1 unspecified atom stereocenters. The number of hydrogen-bond donors (Lipinski definition) is 1. The average molecular weight is 250 g/mol. The third-order valence-electron chi connectivity index (χ3n) is 3.78. The number of hydrogen-bond acceptors (Lipinski definition) is 1. The molecule has 96 valence electrons. The van der Waals surface area contributed by atoms with Crippen molar-refractivity contribution in [3.05, 3.63) is 65.3 Å².